The lowest BCUT2D eigenvalue weighted by atomic mass is 9.99. The van der Waals surface area contributed by atoms with Crippen LogP contribution >= 0.6 is 11.3 Å². The predicted molar refractivity (Wildman–Crippen MR) is 83.7 cm³/mol. The first-order valence-corrected chi connectivity index (χ1v) is 7.97. The van der Waals surface area contributed by atoms with Crippen molar-refractivity contribution in [3.8, 4) is 0 Å². The Labute approximate surface area is 123 Å². The van der Waals surface area contributed by atoms with Crippen molar-refractivity contribution in [2.24, 2.45) is 11.7 Å². The SMILES string of the molecule is CC(C)CN1C(=O)CC(N)C1c1csc2ccccc12. The van der Waals surface area contributed by atoms with Crippen LogP contribution in [0.15, 0.2) is 29.6 Å². The van der Waals surface area contributed by atoms with Crippen LogP contribution in [0.25, 0.3) is 10.1 Å². The van der Waals surface area contributed by atoms with Crippen LogP contribution in [0.1, 0.15) is 31.9 Å². The molecule has 0 saturated carbocycles. The molecule has 1 amide bonds. The average molecular weight is 288 g/mol. The zero-order chi connectivity index (χ0) is 14.3. The molecule has 106 valence electrons. The molecule has 0 aliphatic carbocycles. The molecule has 2 aromatic rings. The van der Waals surface area contributed by atoms with E-state index in [1.165, 1.54) is 15.6 Å². The first-order chi connectivity index (χ1) is 9.58. The highest BCUT2D eigenvalue weighted by atomic mass is 32.1. The molecule has 0 spiro atoms. The number of fused-ring (bicyclic) bond motifs is 1. The number of hydrogen-bond acceptors (Lipinski definition) is 3. The summed E-state index contributed by atoms with van der Waals surface area (Å²) >= 11 is 1.73. The van der Waals surface area contributed by atoms with E-state index in [-0.39, 0.29) is 18.0 Å². The number of nitrogens with two attached hydrogens (primary N) is 1. The predicted octanol–water partition coefficient (Wildman–Crippen LogP) is 3.16. The highest BCUT2D eigenvalue weighted by molar-refractivity contribution is 7.17. The van der Waals surface area contributed by atoms with Crippen molar-refractivity contribution in [1.29, 1.82) is 0 Å². The van der Waals surface area contributed by atoms with Gasteiger partial charge < -0.3 is 10.6 Å². The molecule has 2 atom stereocenters. The second kappa shape index (κ2) is 5.19. The Hall–Kier alpha value is -1.39. The Balaban J connectivity index is 2.03. The van der Waals surface area contributed by atoms with Gasteiger partial charge in [-0.1, -0.05) is 32.0 Å². The fourth-order valence-corrected chi connectivity index (χ4v) is 4.04. The van der Waals surface area contributed by atoms with Crippen molar-refractivity contribution >= 4 is 27.3 Å². The van der Waals surface area contributed by atoms with E-state index in [2.05, 4.69) is 31.4 Å². The number of benzene rings is 1. The lowest BCUT2D eigenvalue weighted by Gasteiger charge is -2.28. The topological polar surface area (TPSA) is 46.3 Å². The molecule has 1 aliphatic heterocycles. The van der Waals surface area contributed by atoms with Crippen molar-refractivity contribution in [2.45, 2.75) is 32.4 Å². The van der Waals surface area contributed by atoms with Gasteiger partial charge in [0.2, 0.25) is 5.91 Å². The highest BCUT2D eigenvalue weighted by Gasteiger charge is 2.39. The molecule has 0 bridgehead atoms. The molecule has 3 rings (SSSR count). The van der Waals surface area contributed by atoms with Crippen molar-refractivity contribution in [2.75, 3.05) is 6.54 Å². The first-order valence-electron chi connectivity index (χ1n) is 7.09. The summed E-state index contributed by atoms with van der Waals surface area (Å²) in [6.07, 6.45) is 0.460. The molecule has 20 heavy (non-hydrogen) atoms. The van der Waals surface area contributed by atoms with Crippen molar-refractivity contribution in [3.63, 3.8) is 0 Å². The quantitative estimate of drug-likeness (QED) is 0.943. The minimum absolute atomic E-state index is 0.0287. The van der Waals surface area contributed by atoms with E-state index >= 15 is 0 Å². The summed E-state index contributed by atoms with van der Waals surface area (Å²) in [5, 5.41) is 3.41. The number of thiophene rings is 1. The van der Waals surface area contributed by atoms with Crippen molar-refractivity contribution < 1.29 is 4.79 Å². The van der Waals surface area contributed by atoms with Crippen LogP contribution in [-0.4, -0.2) is 23.4 Å². The molecule has 4 heteroatoms. The molecular weight excluding hydrogens is 268 g/mol. The smallest absolute Gasteiger partial charge is 0.224 e. The van der Waals surface area contributed by atoms with E-state index in [1.807, 2.05) is 17.0 Å². The normalized spacial score (nSPS) is 23.2. The molecule has 2 heterocycles. The Morgan fingerprint density at radius 2 is 2.15 bits per heavy atom. The summed E-state index contributed by atoms with van der Waals surface area (Å²) < 4.78 is 1.26. The van der Waals surface area contributed by atoms with Crippen LogP contribution in [-0.2, 0) is 4.79 Å². The summed E-state index contributed by atoms with van der Waals surface area (Å²) in [6, 6.07) is 8.28. The van der Waals surface area contributed by atoms with Gasteiger partial charge in [-0.2, -0.15) is 0 Å². The minimum atomic E-state index is -0.0979. The third kappa shape index (κ3) is 2.23. The Morgan fingerprint density at radius 1 is 1.40 bits per heavy atom. The average Bonchev–Trinajstić information content (AvgIpc) is 2.92. The molecule has 0 radical (unpaired) electrons. The summed E-state index contributed by atoms with van der Waals surface area (Å²) in [7, 11) is 0. The van der Waals surface area contributed by atoms with E-state index in [4.69, 9.17) is 5.73 Å². The number of likely N-dealkylation sites (tertiary alicyclic amines) is 1. The lowest BCUT2D eigenvalue weighted by Crippen LogP contribution is -2.35. The molecule has 1 aromatic heterocycles. The van der Waals surface area contributed by atoms with Gasteiger partial charge in [-0.05, 0) is 28.3 Å². The Kier molecular flexibility index (Phi) is 3.52. The standard InChI is InChI=1S/C16H20N2OS/c1-10(2)8-18-15(19)7-13(17)16(18)12-9-20-14-6-4-3-5-11(12)14/h3-6,9-10,13,16H,7-8,17H2,1-2H3. The van der Waals surface area contributed by atoms with Gasteiger partial charge in [-0.15, -0.1) is 11.3 Å². The van der Waals surface area contributed by atoms with Gasteiger partial charge in [0.1, 0.15) is 0 Å². The van der Waals surface area contributed by atoms with Crippen molar-refractivity contribution in [1.82, 2.24) is 4.90 Å². The van der Waals surface area contributed by atoms with E-state index < -0.39 is 0 Å². The first kappa shape index (κ1) is 13.6. The fourth-order valence-electron chi connectivity index (χ4n) is 3.05. The van der Waals surface area contributed by atoms with Crippen LogP contribution in [0, 0.1) is 5.92 Å². The van der Waals surface area contributed by atoms with Gasteiger partial charge in [-0.25, -0.2) is 0 Å². The van der Waals surface area contributed by atoms with Crippen molar-refractivity contribution in [3.05, 3.63) is 35.2 Å². The largest absolute Gasteiger partial charge is 0.334 e. The zero-order valence-electron chi connectivity index (χ0n) is 11.9. The Morgan fingerprint density at radius 3 is 2.90 bits per heavy atom. The summed E-state index contributed by atoms with van der Waals surface area (Å²) in [5.74, 6) is 0.642. The number of nitrogens with zero attached hydrogens (tertiary/aromatic N) is 1. The monoisotopic (exact) mass is 288 g/mol. The number of carbonyl (C=O) groups is 1. The molecule has 1 aromatic carbocycles. The minimum Gasteiger partial charge on any atom is -0.334 e. The maximum Gasteiger partial charge on any atom is 0.224 e. The highest BCUT2D eigenvalue weighted by Crippen LogP contribution is 2.39. The molecule has 2 unspecified atom stereocenters. The van der Waals surface area contributed by atoms with Gasteiger partial charge in [-0.3, -0.25) is 4.79 Å². The van der Waals surface area contributed by atoms with E-state index in [0.29, 0.717) is 12.3 Å². The number of amides is 1. The maximum atomic E-state index is 12.2. The second-order valence-corrected chi connectivity index (χ2v) is 6.85. The summed E-state index contributed by atoms with van der Waals surface area (Å²) in [5.41, 5.74) is 7.47. The van der Waals surface area contributed by atoms with Crippen LogP contribution in [0.3, 0.4) is 0 Å². The number of carbonyl (C=O) groups excluding carboxylic acids is 1. The van der Waals surface area contributed by atoms with Gasteiger partial charge in [0.25, 0.3) is 0 Å². The zero-order valence-corrected chi connectivity index (χ0v) is 12.7. The molecule has 2 N–H and O–H groups in total. The number of rotatable bonds is 3. The van der Waals surface area contributed by atoms with Crippen LogP contribution in [0.2, 0.25) is 0 Å². The van der Waals surface area contributed by atoms with E-state index in [1.54, 1.807) is 11.3 Å². The van der Waals surface area contributed by atoms with E-state index in [9.17, 15) is 4.79 Å². The van der Waals surface area contributed by atoms with Gasteiger partial charge in [0, 0.05) is 23.7 Å². The van der Waals surface area contributed by atoms with Crippen LogP contribution in [0.4, 0.5) is 0 Å². The van der Waals surface area contributed by atoms with Gasteiger partial charge in [0.15, 0.2) is 0 Å². The number of hydrogen-bond donors (Lipinski definition) is 1. The molecular formula is C16H20N2OS. The maximum absolute atomic E-state index is 12.2. The molecule has 1 saturated heterocycles. The molecule has 1 aliphatic rings. The van der Waals surface area contributed by atoms with Crippen LogP contribution < -0.4 is 5.73 Å². The summed E-state index contributed by atoms with van der Waals surface area (Å²) in [4.78, 5) is 14.2. The third-order valence-corrected chi connectivity index (χ3v) is 4.85. The molecule has 1 fully saturated rings. The molecule has 3 nitrogen and oxygen atoms in total. The fraction of sp³-hybridized carbons (Fsp3) is 0.438. The summed E-state index contributed by atoms with van der Waals surface area (Å²) in [6.45, 7) is 5.06. The van der Waals surface area contributed by atoms with Gasteiger partial charge in [0.05, 0.1) is 6.04 Å². The van der Waals surface area contributed by atoms with Crippen LogP contribution in [0.5, 0.6) is 0 Å². The van der Waals surface area contributed by atoms with E-state index in [0.717, 1.165) is 6.54 Å². The van der Waals surface area contributed by atoms with Gasteiger partial charge >= 0.3 is 0 Å². The Bertz CT molecular complexity index is 634. The second-order valence-electron chi connectivity index (χ2n) is 5.94. The lowest BCUT2D eigenvalue weighted by molar-refractivity contribution is -0.129. The third-order valence-electron chi connectivity index (χ3n) is 3.86.